The quantitative estimate of drug-likeness (QED) is 0.796. The maximum absolute atomic E-state index is 12.6. The van der Waals surface area contributed by atoms with Gasteiger partial charge in [-0.2, -0.15) is 5.10 Å². The van der Waals surface area contributed by atoms with Crippen molar-refractivity contribution in [3.63, 3.8) is 0 Å². The van der Waals surface area contributed by atoms with Gasteiger partial charge in [0.2, 0.25) is 0 Å². The third-order valence-electron chi connectivity index (χ3n) is 4.41. The summed E-state index contributed by atoms with van der Waals surface area (Å²) in [6.45, 7) is 6.63. The molecule has 132 valence electrons. The Hall–Kier alpha value is -2.41. The summed E-state index contributed by atoms with van der Waals surface area (Å²) in [7, 11) is 0. The highest BCUT2D eigenvalue weighted by atomic mass is 16.6. The Morgan fingerprint density at radius 2 is 2.20 bits per heavy atom. The molecule has 1 saturated heterocycles. The van der Waals surface area contributed by atoms with Crippen molar-refractivity contribution in [2.24, 2.45) is 0 Å². The molecule has 2 aromatic rings. The van der Waals surface area contributed by atoms with E-state index in [-0.39, 0.29) is 18.2 Å². The number of imidazole rings is 1. The zero-order valence-corrected chi connectivity index (χ0v) is 14.7. The maximum Gasteiger partial charge on any atom is 0.411 e. The molecule has 2 bridgehead atoms. The van der Waals surface area contributed by atoms with Gasteiger partial charge in [-0.1, -0.05) is 6.08 Å². The van der Waals surface area contributed by atoms with Gasteiger partial charge >= 0.3 is 6.09 Å². The van der Waals surface area contributed by atoms with Crippen molar-refractivity contribution >= 4 is 17.3 Å². The molecule has 0 radical (unpaired) electrons. The molecular formula is C18H22N4O3. The Morgan fingerprint density at radius 1 is 1.36 bits per heavy atom. The summed E-state index contributed by atoms with van der Waals surface area (Å²) >= 11 is 0. The molecule has 2 aromatic heterocycles. The molecule has 0 aliphatic carbocycles. The van der Waals surface area contributed by atoms with Gasteiger partial charge in [-0.15, -0.1) is 0 Å². The molecule has 0 N–H and O–H groups in total. The van der Waals surface area contributed by atoms with E-state index in [0.29, 0.717) is 19.6 Å². The van der Waals surface area contributed by atoms with Crippen LogP contribution in [0.15, 0.2) is 30.6 Å². The number of hydrogen-bond acceptors (Lipinski definition) is 5. The Bertz CT molecular complexity index is 836. The summed E-state index contributed by atoms with van der Waals surface area (Å²) in [5.41, 5.74) is 2.41. The molecule has 7 nitrogen and oxygen atoms in total. The zero-order chi connectivity index (χ0) is 17.6. The van der Waals surface area contributed by atoms with Gasteiger partial charge in [0, 0.05) is 6.20 Å². The minimum absolute atomic E-state index is 0.0390. The van der Waals surface area contributed by atoms with Crippen LogP contribution in [-0.2, 0) is 9.47 Å². The van der Waals surface area contributed by atoms with Gasteiger partial charge in [0.15, 0.2) is 5.65 Å². The van der Waals surface area contributed by atoms with E-state index < -0.39 is 5.60 Å². The van der Waals surface area contributed by atoms with Crippen LogP contribution >= 0.6 is 0 Å². The SMILES string of the molecule is CC(C)(C)OC(=O)N1C2C=C(c3cnc4cccnn34)CC1COC2. The lowest BCUT2D eigenvalue weighted by atomic mass is 9.93. The van der Waals surface area contributed by atoms with Gasteiger partial charge in [-0.05, 0) is 44.9 Å². The first kappa shape index (κ1) is 16.1. The molecule has 1 amide bonds. The van der Waals surface area contributed by atoms with Crippen LogP contribution in [-0.4, -0.2) is 56.5 Å². The van der Waals surface area contributed by atoms with Crippen LogP contribution in [0.1, 0.15) is 32.9 Å². The van der Waals surface area contributed by atoms with E-state index in [0.717, 1.165) is 16.9 Å². The third-order valence-corrected chi connectivity index (χ3v) is 4.41. The Morgan fingerprint density at radius 3 is 2.96 bits per heavy atom. The van der Waals surface area contributed by atoms with Gasteiger partial charge in [0.05, 0.1) is 37.2 Å². The fourth-order valence-electron chi connectivity index (χ4n) is 3.43. The molecule has 0 saturated carbocycles. The van der Waals surface area contributed by atoms with Crippen molar-refractivity contribution in [2.45, 2.75) is 44.9 Å². The van der Waals surface area contributed by atoms with Crippen LogP contribution in [0.2, 0.25) is 0 Å². The minimum Gasteiger partial charge on any atom is -0.444 e. The van der Waals surface area contributed by atoms with Gasteiger partial charge in [-0.3, -0.25) is 4.90 Å². The summed E-state index contributed by atoms with van der Waals surface area (Å²) in [6.07, 6.45) is 6.09. The van der Waals surface area contributed by atoms with Crippen LogP contribution in [0.25, 0.3) is 11.2 Å². The molecular weight excluding hydrogens is 320 g/mol. The highest BCUT2D eigenvalue weighted by molar-refractivity contribution is 5.74. The first-order chi connectivity index (χ1) is 11.9. The largest absolute Gasteiger partial charge is 0.444 e. The van der Waals surface area contributed by atoms with E-state index in [9.17, 15) is 4.79 Å². The van der Waals surface area contributed by atoms with Crippen LogP contribution < -0.4 is 0 Å². The molecule has 0 aromatic carbocycles. The summed E-state index contributed by atoms with van der Waals surface area (Å²) < 4.78 is 13.1. The Balaban J connectivity index is 1.66. The maximum atomic E-state index is 12.6. The van der Waals surface area contributed by atoms with Crippen LogP contribution in [0.4, 0.5) is 4.79 Å². The normalized spacial score (nSPS) is 23.5. The van der Waals surface area contributed by atoms with E-state index >= 15 is 0 Å². The second kappa shape index (κ2) is 5.84. The first-order valence-electron chi connectivity index (χ1n) is 8.51. The zero-order valence-electron chi connectivity index (χ0n) is 14.7. The van der Waals surface area contributed by atoms with E-state index in [2.05, 4.69) is 16.2 Å². The lowest BCUT2D eigenvalue weighted by Crippen LogP contribution is -2.57. The topological polar surface area (TPSA) is 69.0 Å². The lowest BCUT2D eigenvalue weighted by molar-refractivity contribution is -0.0511. The van der Waals surface area contributed by atoms with Crippen molar-refractivity contribution < 1.29 is 14.3 Å². The molecule has 7 heteroatoms. The van der Waals surface area contributed by atoms with Crippen LogP contribution in [0.3, 0.4) is 0 Å². The second-order valence-electron chi connectivity index (χ2n) is 7.48. The Labute approximate surface area is 146 Å². The van der Waals surface area contributed by atoms with Crippen molar-refractivity contribution in [3.05, 3.63) is 36.3 Å². The predicted molar refractivity (Wildman–Crippen MR) is 92.0 cm³/mol. The molecule has 4 rings (SSSR count). The minimum atomic E-state index is -0.512. The predicted octanol–water partition coefficient (Wildman–Crippen LogP) is 2.52. The van der Waals surface area contributed by atoms with Gasteiger partial charge in [0.1, 0.15) is 5.60 Å². The number of hydrogen-bond donors (Lipinski definition) is 0. The van der Waals surface area contributed by atoms with E-state index in [1.165, 1.54) is 0 Å². The monoisotopic (exact) mass is 342 g/mol. The number of nitrogens with zero attached hydrogens (tertiary/aromatic N) is 4. The summed E-state index contributed by atoms with van der Waals surface area (Å²) in [5.74, 6) is 0. The highest BCUT2D eigenvalue weighted by Gasteiger charge is 2.40. The number of ether oxygens (including phenoxy) is 2. The molecule has 2 unspecified atom stereocenters. The van der Waals surface area contributed by atoms with E-state index in [1.807, 2.05) is 48.5 Å². The molecule has 25 heavy (non-hydrogen) atoms. The second-order valence-corrected chi connectivity index (χ2v) is 7.48. The number of aromatic nitrogens is 3. The average Bonchev–Trinajstić information content (AvgIpc) is 2.96. The standard InChI is InChI=1S/C18H22N4O3/c1-18(2,3)25-17(23)21-13-7-12(8-14(21)11-24-10-13)15-9-19-16-5-4-6-20-22(15)16/h4-7,9,13-14H,8,10-11H2,1-3H3. The van der Waals surface area contributed by atoms with Crippen molar-refractivity contribution in [2.75, 3.05) is 13.2 Å². The number of carbonyl (C=O) groups excluding carboxylic acids is 1. The molecule has 2 atom stereocenters. The fourth-order valence-corrected chi connectivity index (χ4v) is 3.43. The average molecular weight is 342 g/mol. The summed E-state index contributed by atoms with van der Waals surface area (Å²) in [5, 5.41) is 4.39. The fraction of sp³-hybridized carbons (Fsp3) is 0.500. The molecule has 0 spiro atoms. The molecule has 2 aliphatic heterocycles. The van der Waals surface area contributed by atoms with Gasteiger partial charge < -0.3 is 9.47 Å². The van der Waals surface area contributed by atoms with Crippen molar-refractivity contribution in [3.8, 4) is 0 Å². The highest BCUT2D eigenvalue weighted by Crippen LogP contribution is 2.33. The lowest BCUT2D eigenvalue weighted by Gasteiger charge is -2.44. The number of amides is 1. The number of fused-ring (bicyclic) bond motifs is 3. The number of morpholine rings is 1. The molecule has 2 aliphatic rings. The van der Waals surface area contributed by atoms with Crippen molar-refractivity contribution in [1.82, 2.24) is 19.5 Å². The smallest absolute Gasteiger partial charge is 0.411 e. The third kappa shape index (κ3) is 3.00. The Kier molecular flexibility index (Phi) is 3.76. The van der Waals surface area contributed by atoms with Crippen molar-refractivity contribution in [1.29, 1.82) is 0 Å². The van der Waals surface area contributed by atoms with Gasteiger partial charge in [-0.25, -0.2) is 14.3 Å². The van der Waals surface area contributed by atoms with E-state index in [1.54, 1.807) is 6.20 Å². The molecule has 4 heterocycles. The van der Waals surface area contributed by atoms with Crippen LogP contribution in [0, 0.1) is 0 Å². The number of rotatable bonds is 1. The van der Waals surface area contributed by atoms with Gasteiger partial charge in [0.25, 0.3) is 0 Å². The van der Waals surface area contributed by atoms with Crippen LogP contribution in [0.5, 0.6) is 0 Å². The summed E-state index contributed by atoms with van der Waals surface area (Å²) in [6, 6.07) is 3.62. The first-order valence-corrected chi connectivity index (χ1v) is 8.51. The molecule has 1 fully saturated rings. The van der Waals surface area contributed by atoms with E-state index in [4.69, 9.17) is 9.47 Å². The summed E-state index contributed by atoms with van der Waals surface area (Å²) in [4.78, 5) is 18.8. The number of carbonyl (C=O) groups is 1.